The van der Waals surface area contributed by atoms with E-state index in [1.54, 1.807) is 0 Å². The van der Waals surface area contributed by atoms with Gasteiger partial charge in [-0.15, -0.1) is 0 Å². The summed E-state index contributed by atoms with van der Waals surface area (Å²) in [5.41, 5.74) is 2.14. The van der Waals surface area contributed by atoms with Crippen molar-refractivity contribution < 1.29 is 5.11 Å². The molecule has 0 bridgehead atoms. The van der Waals surface area contributed by atoms with Crippen LogP contribution in [0.1, 0.15) is 17.2 Å². The van der Waals surface area contributed by atoms with Crippen molar-refractivity contribution in [2.24, 2.45) is 0 Å². The van der Waals surface area contributed by atoms with Crippen LogP contribution >= 0.6 is 0 Å². The fourth-order valence-electron chi connectivity index (χ4n) is 2.35. The number of benzene rings is 2. The molecule has 102 valence electrons. The SMILES string of the molecule is OC(CNCc1cc[nH]c1)c1ccc2ccccc2c1. The second-order valence-electron chi connectivity index (χ2n) is 4.97. The maximum absolute atomic E-state index is 10.2. The van der Waals surface area contributed by atoms with Gasteiger partial charge in [-0.05, 0) is 34.0 Å². The van der Waals surface area contributed by atoms with Crippen LogP contribution in [0.3, 0.4) is 0 Å². The number of aromatic nitrogens is 1. The van der Waals surface area contributed by atoms with E-state index in [0.717, 1.165) is 17.5 Å². The Morgan fingerprint density at radius 2 is 1.90 bits per heavy atom. The molecule has 0 radical (unpaired) electrons. The van der Waals surface area contributed by atoms with E-state index in [9.17, 15) is 5.11 Å². The van der Waals surface area contributed by atoms with Crippen LogP contribution in [0.15, 0.2) is 60.9 Å². The van der Waals surface area contributed by atoms with Crippen molar-refractivity contribution >= 4 is 10.8 Å². The number of rotatable bonds is 5. The van der Waals surface area contributed by atoms with Gasteiger partial charge in [0.2, 0.25) is 0 Å². The van der Waals surface area contributed by atoms with E-state index in [-0.39, 0.29) is 0 Å². The third-order valence-corrected chi connectivity index (χ3v) is 3.49. The van der Waals surface area contributed by atoms with Crippen LogP contribution in [-0.2, 0) is 6.54 Å². The Morgan fingerprint density at radius 3 is 2.70 bits per heavy atom. The van der Waals surface area contributed by atoms with Crippen LogP contribution in [0.4, 0.5) is 0 Å². The molecule has 0 saturated carbocycles. The van der Waals surface area contributed by atoms with Gasteiger partial charge in [-0.2, -0.15) is 0 Å². The largest absolute Gasteiger partial charge is 0.387 e. The number of hydrogen-bond acceptors (Lipinski definition) is 2. The Bertz CT molecular complexity index is 676. The summed E-state index contributed by atoms with van der Waals surface area (Å²) >= 11 is 0. The molecule has 1 heterocycles. The first kappa shape index (κ1) is 12.9. The molecule has 3 nitrogen and oxygen atoms in total. The van der Waals surface area contributed by atoms with Gasteiger partial charge in [-0.3, -0.25) is 0 Å². The minimum atomic E-state index is -0.487. The maximum atomic E-state index is 10.2. The van der Waals surface area contributed by atoms with Crippen molar-refractivity contribution in [1.82, 2.24) is 10.3 Å². The van der Waals surface area contributed by atoms with Gasteiger partial charge >= 0.3 is 0 Å². The van der Waals surface area contributed by atoms with E-state index < -0.39 is 6.10 Å². The Balaban J connectivity index is 1.64. The van der Waals surface area contributed by atoms with Crippen molar-refractivity contribution in [2.75, 3.05) is 6.54 Å². The molecule has 1 unspecified atom stereocenters. The Morgan fingerprint density at radius 1 is 1.05 bits per heavy atom. The lowest BCUT2D eigenvalue weighted by molar-refractivity contribution is 0.174. The first-order valence-corrected chi connectivity index (χ1v) is 6.82. The van der Waals surface area contributed by atoms with Crippen LogP contribution in [0.5, 0.6) is 0 Å². The summed E-state index contributed by atoms with van der Waals surface area (Å²) in [7, 11) is 0. The predicted molar refractivity (Wildman–Crippen MR) is 81.4 cm³/mol. The van der Waals surface area contributed by atoms with E-state index in [2.05, 4.69) is 34.6 Å². The average Bonchev–Trinajstić information content (AvgIpc) is 3.00. The van der Waals surface area contributed by atoms with Crippen LogP contribution in [0.25, 0.3) is 10.8 Å². The standard InChI is InChI=1S/C17H18N2O/c20-17(12-19-11-13-7-8-18-10-13)16-6-5-14-3-1-2-4-15(14)9-16/h1-10,17-20H,11-12H2. The Labute approximate surface area is 118 Å². The number of aliphatic hydroxyl groups excluding tert-OH is 1. The molecule has 1 aromatic heterocycles. The van der Waals surface area contributed by atoms with Gasteiger partial charge in [0.25, 0.3) is 0 Å². The van der Waals surface area contributed by atoms with Gasteiger partial charge in [0.1, 0.15) is 0 Å². The predicted octanol–water partition coefficient (Wildman–Crippen LogP) is 2.99. The maximum Gasteiger partial charge on any atom is 0.0914 e. The lowest BCUT2D eigenvalue weighted by Crippen LogP contribution is -2.20. The zero-order valence-corrected chi connectivity index (χ0v) is 11.2. The molecule has 0 aliphatic rings. The molecule has 20 heavy (non-hydrogen) atoms. The first-order chi connectivity index (χ1) is 9.83. The molecule has 0 aliphatic heterocycles. The normalized spacial score (nSPS) is 12.7. The fraction of sp³-hybridized carbons (Fsp3) is 0.176. The minimum absolute atomic E-state index is 0.487. The number of fused-ring (bicyclic) bond motifs is 1. The topological polar surface area (TPSA) is 48.0 Å². The second kappa shape index (κ2) is 5.90. The van der Waals surface area contributed by atoms with Gasteiger partial charge in [0, 0.05) is 25.5 Å². The Hall–Kier alpha value is -2.10. The molecule has 1 atom stereocenters. The van der Waals surface area contributed by atoms with Crippen molar-refractivity contribution in [3.63, 3.8) is 0 Å². The monoisotopic (exact) mass is 266 g/mol. The molecule has 0 aliphatic carbocycles. The smallest absolute Gasteiger partial charge is 0.0914 e. The molecule has 3 N–H and O–H groups in total. The zero-order chi connectivity index (χ0) is 13.8. The molecular weight excluding hydrogens is 248 g/mol. The lowest BCUT2D eigenvalue weighted by atomic mass is 10.0. The lowest BCUT2D eigenvalue weighted by Gasteiger charge is -2.12. The minimum Gasteiger partial charge on any atom is -0.387 e. The highest BCUT2D eigenvalue weighted by Crippen LogP contribution is 2.20. The summed E-state index contributed by atoms with van der Waals surface area (Å²) in [6.07, 6.45) is 3.37. The second-order valence-corrected chi connectivity index (χ2v) is 4.97. The van der Waals surface area contributed by atoms with Gasteiger partial charge in [0.15, 0.2) is 0 Å². The summed E-state index contributed by atoms with van der Waals surface area (Å²) in [5, 5.41) is 15.9. The van der Waals surface area contributed by atoms with Crippen LogP contribution < -0.4 is 5.32 Å². The first-order valence-electron chi connectivity index (χ1n) is 6.82. The number of aliphatic hydroxyl groups is 1. The van der Waals surface area contributed by atoms with E-state index in [1.807, 2.05) is 36.7 Å². The van der Waals surface area contributed by atoms with Gasteiger partial charge in [-0.25, -0.2) is 0 Å². The average molecular weight is 266 g/mol. The summed E-state index contributed by atoms with van der Waals surface area (Å²) in [5.74, 6) is 0. The van der Waals surface area contributed by atoms with E-state index in [1.165, 1.54) is 10.9 Å². The molecule has 0 amide bonds. The van der Waals surface area contributed by atoms with Crippen molar-refractivity contribution in [2.45, 2.75) is 12.6 Å². The highest BCUT2D eigenvalue weighted by molar-refractivity contribution is 5.83. The molecule has 0 saturated heterocycles. The van der Waals surface area contributed by atoms with Gasteiger partial charge in [0.05, 0.1) is 6.10 Å². The van der Waals surface area contributed by atoms with E-state index >= 15 is 0 Å². The quantitative estimate of drug-likeness (QED) is 0.665. The zero-order valence-electron chi connectivity index (χ0n) is 11.2. The third-order valence-electron chi connectivity index (χ3n) is 3.49. The molecule has 2 aromatic carbocycles. The number of nitrogens with one attached hydrogen (secondary N) is 2. The molecule has 3 aromatic rings. The van der Waals surface area contributed by atoms with Gasteiger partial charge < -0.3 is 15.4 Å². The molecular formula is C17H18N2O. The summed E-state index contributed by atoms with van der Waals surface area (Å²) < 4.78 is 0. The summed E-state index contributed by atoms with van der Waals surface area (Å²) in [4.78, 5) is 3.02. The van der Waals surface area contributed by atoms with Crippen molar-refractivity contribution in [1.29, 1.82) is 0 Å². The van der Waals surface area contributed by atoms with E-state index in [4.69, 9.17) is 0 Å². The summed E-state index contributed by atoms with van der Waals surface area (Å²) in [6, 6.07) is 16.3. The Kier molecular flexibility index (Phi) is 3.81. The van der Waals surface area contributed by atoms with Gasteiger partial charge in [-0.1, -0.05) is 36.4 Å². The van der Waals surface area contributed by atoms with Crippen LogP contribution in [-0.4, -0.2) is 16.6 Å². The van der Waals surface area contributed by atoms with Crippen LogP contribution in [0, 0.1) is 0 Å². The molecule has 0 fully saturated rings. The number of H-pyrrole nitrogens is 1. The third kappa shape index (κ3) is 2.90. The number of aromatic amines is 1. The molecule has 3 heteroatoms. The summed E-state index contributed by atoms with van der Waals surface area (Å²) in [6.45, 7) is 1.30. The van der Waals surface area contributed by atoms with Crippen LogP contribution in [0.2, 0.25) is 0 Å². The molecule has 0 spiro atoms. The highest BCUT2D eigenvalue weighted by Gasteiger charge is 2.07. The van der Waals surface area contributed by atoms with Crippen molar-refractivity contribution in [3.8, 4) is 0 Å². The van der Waals surface area contributed by atoms with Crippen molar-refractivity contribution in [3.05, 3.63) is 72.1 Å². The number of hydrogen-bond donors (Lipinski definition) is 3. The molecule has 3 rings (SSSR count). The fourth-order valence-corrected chi connectivity index (χ4v) is 2.35. The highest BCUT2D eigenvalue weighted by atomic mass is 16.3. The van der Waals surface area contributed by atoms with E-state index in [0.29, 0.717) is 6.54 Å².